The van der Waals surface area contributed by atoms with Crippen LogP contribution in [0.25, 0.3) is 10.9 Å². The Balaban J connectivity index is 1.77. The molecule has 1 aliphatic rings. The number of nitrogens with zero attached hydrogens (tertiary/aromatic N) is 1. The van der Waals surface area contributed by atoms with Crippen molar-refractivity contribution in [2.24, 2.45) is 0 Å². The molecule has 23 heavy (non-hydrogen) atoms. The van der Waals surface area contributed by atoms with Crippen molar-refractivity contribution >= 4 is 28.5 Å². The molecule has 0 amide bonds. The molecule has 0 bridgehead atoms. The maximum Gasteiger partial charge on any atom is 0.340 e. The Labute approximate surface area is 141 Å². The number of fused-ring (bicyclic) bond motifs is 1. The minimum absolute atomic E-state index is 0.337. The van der Waals surface area contributed by atoms with Crippen LogP contribution in [0.2, 0.25) is 5.02 Å². The zero-order valence-electron chi connectivity index (χ0n) is 13.5. The molecule has 0 radical (unpaired) electrons. The number of carbonyl (C=O) groups is 1. The zero-order chi connectivity index (χ0) is 16.2. The van der Waals surface area contributed by atoms with Crippen LogP contribution in [0.1, 0.15) is 42.5 Å². The molecule has 4 nitrogen and oxygen atoms in total. The quantitative estimate of drug-likeness (QED) is 0.840. The smallest absolute Gasteiger partial charge is 0.340 e. The van der Waals surface area contributed by atoms with Crippen LogP contribution in [0.3, 0.4) is 0 Å². The summed E-state index contributed by atoms with van der Waals surface area (Å²) in [6, 6.07) is 6.37. The van der Waals surface area contributed by atoms with Gasteiger partial charge >= 0.3 is 5.97 Å². The first-order valence-electron chi connectivity index (χ1n) is 8.29. The summed E-state index contributed by atoms with van der Waals surface area (Å²) < 4.78 is 7.01. The normalized spacial score (nSPS) is 18.3. The van der Waals surface area contributed by atoms with Gasteiger partial charge in [-0.3, -0.25) is 0 Å². The van der Waals surface area contributed by atoms with Gasteiger partial charge in [0.2, 0.25) is 0 Å². The lowest BCUT2D eigenvalue weighted by molar-refractivity contribution is 0.0602. The lowest BCUT2D eigenvalue weighted by Crippen LogP contribution is -2.33. The fourth-order valence-corrected chi connectivity index (χ4v) is 3.71. The summed E-state index contributed by atoms with van der Waals surface area (Å²) in [4.78, 5) is 12.0. The molecule has 1 N–H and O–H groups in total. The molecular weight excluding hydrogens is 312 g/mol. The minimum atomic E-state index is -0.337. The van der Waals surface area contributed by atoms with Crippen LogP contribution in [-0.4, -0.2) is 30.2 Å². The Bertz CT molecular complexity index is 690. The molecule has 1 atom stereocenters. The lowest BCUT2D eigenvalue weighted by atomic mass is 10.0. The van der Waals surface area contributed by atoms with E-state index in [1.165, 1.54) is 26.4 Å². The van der Waals surface area contributed by atoms with Gasteiger partial charge in [-0.05, 0) is 44.4 Å². The minimum Gasteiger partial charge on any atom is -0.465 e. The first-order chi connectivity index (χ1) is 11.2. The Morgan fingerprint density at radius 2 is 2.30 bits per heavy atom. The molecule has 0 spiro atoms. The second kappa shape index (κ2) is 7.37. The molecule has 1 aliphatic heterocycles. The predicted molar refractivity (Wildman–Crippen MR) is 93.2 cm³/mol. The van der Waals surface area contributed by atoms with Crippen molar-refractivity contribution in [3.05, 3.63) is 35.0 Å². The summed E-state index contributed by atoms with van der Waals surface area (Å²) in [5.74, 6) is -0.337. The first-order valence-corrected chi connectivity index (χ1v) is 8.67. The number of nitrogens with one attached hydrogen (secondary N) is 1. The molecule has 0 aliphatic carbocycles. The number of hydrogen-bond acceptors (Lipinski definition) is 3. The summed E-state index contributed by atoms with van der Waals surface area (Å²) in [7, 11) is 1.40. The average molecular weight is 335 g/mol. The number of esters is 1. The number of aromatic nitrogens is 1. The molecule has 2 aromatic rings. The van der Waals surface area contributed by atoms with Gasteiger partial charge in [0.15, 0.2) is 0 Å². The number of benzene rings is 1. The van der Waals surface area contributed by atoms with Gasteiger partial charge < -0.3 is 14.6 Å². The monoisotopic (exact) mass is 334 g/mol. The van der Waals surface area contributed by atoms with Crippen LogP contribution in [0.15, 0.2) is 24.4 Å². The maximum absolute atomic E-state index is 12.0. The summed E-state index contributed by atoms with van der Waals surface area (Å²) in [5.41, 5.74) is 1.54. The zero-order valence-corrected chi connectivity index (χ0v) is 14.2. The highest BCUT2D eigenvalue weighted by atomic mass is 35.5. The van der Waals surface area contributed by atoms with E-state index in [0.717, 1.165) is 36.8 Å². The predicted octanol–water partition coefficient (Wildman–Crippen LogP) is 4.00. The van der Waals surface area contributed by atoms with E-state index in [0.29, 0.717) is 16.6 Å². The molecule has 1 aromatic carbocycles. The van der Waals surface area contributed by atoms with E-state index in [4.69, 9.17) is 16.3 Å². The van der Waals surface area contributed by atoms with E-state index in [2.05, 4.69) is 9.88 Å². The summed E-state index contributed by atoms with van der Waals surface area (Å²) in [6.45, 7) is 2.02. The van der Waals surface area contributed by atoms with Crippen LogP contribution >= 0.6 is 11.6 Å². The van der Waals surface area contributed by atoms with E-state index < -0.39 is 0 Å². The number of rotatable bonds is 5. The summed E-state index contributed by atoms with van der Waals surface area (Å²) >= 11 is 6.30. The number of methoxy groups -OCH3 is 1. The average Bonchev–Trinajstić information content (AvgIpc) is 2.95. The highest BCUT2D eigenvalue weighted by molar-refractivity contribution is 6.36. The Morgan fingerprint density at radius 1 is 1.43 bits per heavy atom. The highest BCUT2D eigenvalue weighted by Gasteiger charge is 2.18. The summed E-state index contributed by atoms with van der Waals surface area (Å²) in [6.07, 6.45) is 8.00. The second-order valence-electron chi connectivity index (χ2n) is 6.15. The topological polar surface area (TPSA) is 43.3 Å². The maximum atomic E-state index is 12.0. The number of aryl methyl sites for hydroxylation is 1. The first kappa shape index (κ1) is 16.3. The molecule has 1 saturated heterocycles. The molecular formula is C18H23ClN2O2. The molecule has 1 fully saturated rings. The molecule has 1 unspecified atom stereocenters. The number of ether oxygens (including phenoxy) is 1. The van der Waals surface area contributed by atoms with E-state index >= 15 is 0 Å². The van der Waals surface area contributed by atoms with Gasteiger partial charge in [0.05, 0.1) is 23.2 Å². The number of piperidine rings is 1. The SMILES string of the molecule is COC(=O)c1cn(CCCC2CCCCN2)c2cccc(Cl)c12. The standard InChI is InChI=1S/C18H23ClN2O2/c1-23-18(22)14-12-21(16-9-4-8-15(19)17(14)16)11-5-7-13-6-2-3-10-20-13/h4,8-9,12-13,20H,2-3,5-7,10-11H2,1H3. The van der Waals surface area contributed by atoms with Gasteiger partial charge in [0.25, 0.3) is 0 Å². The second-order valence-corrected chi connectivity index (χ2v) is 6.56. The van der Waals surface area contributed by atoms with Crippen molar-refractivity contribution in [1.29, 1.82) is 0 Å². The van der Waals surface area contributed by atoms with Crippen molar-refractivity contribution in [3.8, 4) is 0 Å². The lowest BCUT2D eigenvalue weighted by Gasteiger charge is -2.23. The van der Waals surface area contributed by atoms with E-state index in [1.807, 2.05) is 24.4 Å². The largest absolute Gasteiger partial charge is 0.465 e. The fourth-order valence-electron chi connectivity index (χ4n) is 3.44. The molecule has 1 aromatic heterocycles. The van der Waals surface area contributed by atoms with Crippen molar-refractivity contribution in [2.75, 3.05) is 13.7 Å². The number of halogens is 1. The van der Waals surface area contributed by atoms with Gasteiger partial charge in [-0.15, -0.1) is 0 Å². The molecule has 5 heteroatoms. The highest BCUT2D eigenvalue weighted by Crippen LogP contribution is 2.29. The number of carbonyl (C=O) groups excluding carboxylic acids is 1. The van der Waals surface area contributed by atoms with Gasteiger partial charge in [-0.2, -0.15) is 0 Å². The van der Waals surface area contributed by atoms with E-state index in [1.54, 1.807) is 0 Å². The Kier molecular flexibility index (Phi) is 5.23. The van der Waals surface area contributed by atoms with E-state index in [9.17, 15) is 4.79 Å². The van der Waals surface area contributed by atoms with Crippen LogP contribution in [0, 0.1) is 0 Å². The van der Waals surface area contributed by atoms with Gasteiger partial charge in [0.1, 0.15) is 0 Å². The van der Waals surface area contributed by atoms with Crippen molar-refractivity contribution in [2.45, 2.75) is 44.7 Å². The van der Waals surface area contributed by atoms with Crippen LogP contribution in [-0.2, 0) is 11.3 Å². The van der Waals surface area contributed by atoms with E-state index in [-0.39, 0.29) is 5.97 Å². The molecule has 0 saturated carbocycles. The third kappa shape index (κ3) is 3.54. The molecule has 3 rings (SSSR count). The van der Waals surface area contributed by atoms with Gasteiger partial charge in [-0.25, -0.2) is 4.79 Å². The van der Waals surface area contributed by atoms with Gasteiger partial charge in [-0.1, -0.05) is 24.1 Å². The van der Waals surface area contributed by atoms with Gasteiger partial charge in [0, 0.05) is 24.2 Å². The van der Waals surface area contributed by atoms with Crippen LogP contribution in [0.5, 0.6) is 0 Å². The van der Waals surface area contributed by atoms with Crippen molar-refractivity contribution < 1.29 is 9.53 Å². The summed E-state index contributed by atoms with van der Waals surface area (Å²) in [5, 5.41) is 4.96. The number of hydrogen-bond donors (Lipinski definition) is 1. The van der Waals surface area contributed by atoms with Crippen LogP contribution < -0.4 is 5.32 Å². The fraction of sp³-hybridized carbons (Fsp3) is 0.500. The third-order valence-corrected chi connectivity index (χ3v) is 4.94. The molecule has 124 valence electrons. The Hall–Kier alpha value is -1.52. The van der Waals surface area contributed by atoms with Crippen molar-refractivity contribution in [1.82, 2.24) is 9.88 Å². The Morgan fingerprint density at radius 3 is 3.04 bits per heavy atom. The third-order valence-electron chi connectivity index (χ3n) is 4.62. The molecule has 2 heterocycles. The van der Waals surface area contributed by atoms with Crippen LogP contribution in [0.4, 0.5) is 0 Å². The van der Waals surface area contributed by atoms with Crippen molar-refractivity contribution in [3.63, 3.8) is 0 Å².